The second-order valence-electron chi connectivity index (χ2n) is 7.80. The summed E-state index contributed by atoms with van der Waals surface area (Å²) in [4.78, 5) is 4.78. The van der Waals surface area contributed by atoms with E-state index in [-0.39, 0.29) is 0 Å². The topological polar surface area (TPSA) is 12.9 Å². The highest BCUT2D eigenvalue weighted by atomic mass is 14.7. The number of nitrogens with zero attached hydrogens (tertiary/aromatic N) is 1. The molecule has 1 nitrogen and oxygen atoms in total. The Hall–Kier alpha value is -1.63. The molecule has 4 fully saturated rings. The fourth-order valence-corrected chi connectivity index (χ4v) is 5.85. The number of benzene rings is 1. The molecule has 4 saturated carbocycles. The fourth-order valence-electron chi connectivity index (χ4n) is 5.85. The van der Waals surface area contributed by atoms with Crippen LogP contribution in [0.3, 0.4) is 0 Å². The van der Waals surface area contributed by atoms with Crippen LogP contribution in [0.1, 0.15) is 43.6 Å². The third kappa shape index (κ3) is 2.02. The molecule has 0 saturated heterocycles. The van der Waals surface area contributed by atoms with Crippen molar-refractivity contribution < 1.29 is 0 Å². The molecule has 0 amide bonds. The minimum Gasteiger partial charge on any atom is -0.256 e. The Morgan fingerprint density at radius 2 is 1.41 bits per heavy atom. The minimum absolute atomic E-state index is 0.796. The van der Waals surface area contributed by atoms with Crippen molar-refractivity contribution in [2.75, 3.05) is 0 Å². The molecule has 1 aromatic carbocycles. The van der Waals surface area contributed by atoms with Crippen LogP contribution >= 0.6 is 0 Å². The molecule has 0 N–H and O–H groups in total. The van der Waals surface area contributed by atoms with E-state index in [0.717, 1.165) is 35.3 Å². The van der Waals surface area contributed by atoms with Gasteiger partial charge in [0, 0.05) is 11.8 Å². The predicted molar refractivity (Wildman–Crippen MR) is 89.5 cm³/mol. The van der Waals surface area contributed by atoms with Crippen molar-refractivity contribution in [2.45, 2.75) is 38.0 Å². The average Bonchev–Trinajstić information content (AvgIpc) is 2.55. The molecule has 22 heavy (non-hydrogen) atoms. The minimum atomic E-state index is 0.796. The highest BCUT2D eigenvalue weighted by molar-refractivity contribution is 5.58. The normalized spacial score (nSPS) is 35.7. The van der Waals surface area contributed by atoms with E-state index in [9.17, 15) is 0 Å². The molecule has 4 aliphatic rings. The summed E-state index contributed by atoms with van der Waals surface area (Å²) in [7, 11) is 0. The molecule has 2 aromatic rings. The van der Waals surface area contributed by atoms with Gasteiger partial charge in [-0.05, 0) is 73.3 Å². The van der Waals surface area contributed by atoms with Crippen LogP contribution in [0.2, 0.25) is 0 Å². The number of hydrogen-bond acceptors (Lipinski definition) is 1. The van der Waals surface area contributed by atoms with Crippen molar-refractivity contribution in [3.05, 3.63) is 54.2 Å². The maximum atomic E-state index is 4.78. The first-order valence-corrected chi connectivity index (χ1v) is 8.88. The quantitative estimate of drug-likeness (QED) is 0.732. The highest BCUT2D eigenvalue weighted by Gasteiger charge is 2.48. The van der Waals surface area contributed by atoms with Crippen LogP contribution in [0.5, 0.6) is 0 Å². The summed E-state index contributed by atoms with van der Waals surface area (Å²) in [6, 6.07) is 15.1. The summed E-state index contributed by atoms with van der Waals surface area (Å²) in [6.45, 7) is 0. The second kappa shape index (κ2) is 4.94. The molecule has 4 bridgehead atoms. The molecule has 4 aliphatic carbocycles. The van der Waals surface area contributed by atoms with Crippen LogP contribution in [-0.2, 0) is 0 Å². The lowest BCUT2D eigenvalue weighted by Crippen LogP contribution is -2.43. The second-order valence-corrected chi connectivity index (χ2v) is 7.80. The first-order chi connectivity index (χ1) is 10.9. The van der Waals surface area contributed by atoms with Gasteiger partial charge in [0.25, 0.3) is 0 Å². The largest absolute Gasteiger partial charge is 0.256 e. The van der Waals surface area contributed by atoms with E-state index in [0.29, 0.717) is 0 Å². The van der Waals surface area contributed by atoms with Crippen LogP contribution < -0.4 is 0 Å². The number of hydrogen-bond donors (Lipinski definition) is 0. The van der Waals surface area contributed by atoms with Gasteiger partial charge in [0.05, 0.1) is 5.69 Å². The summed E-state index contributed by atoms with van der Waals surface area (Å²) in [5.74, 6) is 4.79. The number of pyridine rings is 1. The molecule has 0 radical (unpaired) electrons. The number of aromatic nitrogens is 1. The Balaban J connectivity index is 1.44. The first kappa shape index (κ1) is 12.9. The summed E-state index contributed by atoms with van der Waals surface area (Å²) in [5.41, 5.74) is 3.83. The van der Waals surface area contributed by atoms with Crippen LogP contribution in [0, 0.1) is 23.7 Å². The van der Waals surface area contributed by atoms with E-state index >= 15 is 0 Å². The zero-order valence-electron chi connectivity index (χ0n) is 13.0. The molecule has 6 rings (SSSR count). The molecule has 1 heteroatoms. The average molecular weight is 289 g/mol. The molecule has 112 valence electrons. The van der Waals surface area contributed by atoms with E-state index in [4.69, 9.17) is 4.98 Å². The molecule has 1 aromatic heterocycles. The van der Waals surface area contributed by atoms with Gasteiger partial charge < -0.3 is 0 Å². The van der Waals surface area contributed by atoms with Gasteiger partial charge in [0.1, 0.15) is 0 Å². The van der Waals surface area contributed by atoms with Crippen molar-refractivity contribution >= 4 is 0 Å². The molecular formula is C21H23N. The van der Waals surface area contributed by atoms with Gasteiger partial charge in [-0.2, -0.15) is 0 Å². The summed E-state index contributed by atoms with van der Waals surface area (Å²) < 4.78 is 0. The van der Waals surface area contributed by atoms with Crippen molar-refractivity contribution in [1.82, 2.24) is 4.98 Å². The van der Waals surface area contributed by atoms with Crippen molar-refractivity contribution in [1.29, 1.82) is 0 Å². The zero-order chi connectivity index (χ0) is 14.5. The number of rotatable bonds is 2. The van der Waals surface area contributed by atoms with Crippen molar-refractivity contribution in [3.63, 3.8) is 0 Å². The fraction of sp³-hybridized carbons (Fsp3) is 0.476. The maximum Gasteiger partial charge on any atom is 0.0702 e. The Morgan fingerprint density at radius 3 is 2.00 bits per heavy atom. The lowest BCUT2D eigenvalue weighted by atomic mass is 9.51. The van der Waals surface area contributed by atoms with E-state index in [2.05, 4.69) is 48.7 Å². The highest BCUT2D eigenvalue weighted by Crippen LogP contribution is 2.59. The van der Waals surface area contributed by atoms with Crippen LogP contribution in [0.15, 0.2) is 48.7 Å². The third-order valence-corrected chi connectivity index (χ3v) is 6.47. The SMILES string of the molecule is c1ccc(-c2ccc(C3C4CC5CC(C4)CC3C5)cn2)cc1. The van der Waals surface area contributed by atoms with E-state index in [1.165, 1.54) is 43.2 Å². The molecule has 0 spiro atoms. The van der Waals surface area contributed by atoms with Crippen LogP contribution in [0.4, 0.5) is 0 Å². The Labute approximate surface area is 132 Å². The van der Waals surface area contributed by atoms with Gasteiger partial charge in [-0.3, -0.25) is 4.98 Å². The van der Waals surface area contributed by atoms with Crippen molar-refractivity contribution in [2.24, 2.45) is 23.7 Å². The third-order valence-electron chi connectivity index (χ3n) is 6.47. The van der Waals surface area contributed by atoms with Gasteiger partial charge >= 0.3 is 0 Å². The van der Waals surface area contributed by atoms with Gasteiger partial charge in [0.2, 0.25) is 0 Å². The standard InChI is InChI=1S/C21H23N/c1-2-4-16(5-3-1)20-7-6-17(13-22-20)21-18-9-14-8-15(11-18)12-19(21)10-14/h1-7,13-15,18-19,21H,8-12H2. The summed E-state index contributed by atoms with van der Waals surface area (Å²) >= 11 is 0. The summed E-state index contributed by atoms with van der Waals surface area (Å²) in [6.07, 6.45) is 9.65. The Bertz CT molecular complexity index is 630. The lowest BCUT2D eigenvalue weighted by Gasteiger charge is -2.54. The predicted octanol–water partition coefficient (Wildman–Crippen LogP) is 5.29. The molecular weight excluding hydrogens is 266 g/mol. The van der Waals surface area contributed by atoms with Gasteiger partial charge in [-0.15, -0.1) is 0 Å². The van der Waals surface area contributed by atoms with Crippen LogP contribution in [0.25, 0.3) is 11.3 Å². The Kier molecular flexibility index (Phi) is 2.89. The maximum absolute atomic E-state index is 4.78. The zero-order valence-corrected chi connectivity index (χ0v) is 13.0. The molecule has 0 atom stereocenters. The van der Waals surface area contributed by atoms with E-state index in [1.54, 1.807) is 0 Å². The lowest BCUT2D eigenvalue weighted by molar-refractivity contribution is -0.00287. The summed E-state index contributed by atoms with van der Waals surface area (Å²) in [5, 5.41) is 0. The molecule has 0 aliphatic heterocycles. The monoisotopic (exact) mass is 289 g/mol. The van der Waals surface area contributed by atoms with Crippen LogP contribution in [-0.4, -0.2) is 4.98 Å². The van der Waals surface area contributed by atoms with Gasteiger partial charge in [-0.25, -0.2) is 0 Å². The smallest absolute Gasteiger partial charge is 0.0702 e. The molecule has 0 unspecified atom stereocenters. The van der Waals surface area contributed by atoms with Crippen molar-refractivity contribution in [3.8, 4) is 11.3 Å². The first-order valence-electron chi connectivity index (χ1n) is 8.88. The van der Waals surface area contributed by atoms with E-state index < -0.39 is 0 Å². The molecule has 1 heterocycles. The van der Waals surface area contributed by atoms with E-state index in [1.807, 2.05) is 0 Å². The van der Waals surface area contributed by atoms with Gasteiger partial charge in [-0.1, -0.05) is 36.4 Å². The van der Waals surface area contributed by atoms with Gasteiger partial charge in [0.15, 0.2) is 0 Å². The Morgan fingerprint density at radius 1 is 0.727 bits per heavy atom.